The Bertz CT molecular complexity index is 1110. The lowest BCUT2D eigenvalue weighted by Gasteiger charge is -2.34. The third kappa shape index (κ3) is 3.25. The summed E-state index contributed by atoms with van der Waals surface area (Å²) >= 11 is 0. The molecular weight excluding hydrogens is 360 g/mol. The van der Waals surface area contributed by atoms with Crippen LogP contribution in [0.4, 0.5) is 5.82 Å². The quantitative estimate of drug-likeness (QED) is 0.700. The Kier molecular flexibility index (Phi) is 4.52. The molecular formula is C20H18N4O2S. The molecule has 3 aromatic rings. The van der Waals surface area contributed by atoms with Crippen LogP contribution in [0.15, 0.2) is 65.7 Å². The summed E-state index contributed by atoms with van der Waals surface area (Å²) in [6.07, 6.45) is 1.54. The molecule has 1 fully saturated rings. The van der Waals surface area contributed by atoms with Gasteiger partial charge in [-0.15, -0.1) is 0 Å². The number of nitrogens with zero attached hydrogens (tertiary/aromatic N) is 4. The van der Waals surface area contributed by atoms with Gasteiger partial charge in [0.25, 0.3) is 0 Å². The predicted molar refractivity (Wildman–Crippen MR) is 104 cm³/mol. The Morgan fingerprint density at radius 3 is 2.37 bits per heavy atom. The fraction of sp³-hybridized carbons (Fsp3) is 0.200. The highest BCUT2D eigenvalue weighted by atomic mass is 32.2. The Morgan fingerprint density at radius 2 is 1.67 bits per heavy atom. The fourth-order valence-electron chi connectivity index (χ4n) is 3.36. The molecule has 0 radical (unpaired) electrons. The zero-order valence-corrected chi connectivity index (χ0v) is 15.4. The van der Waals surface area contributed by atoms with E-state index < -0.39 is 10.0 Å². The Balaban J connectivity index is 1.55. The van der Waals surface area contributed by atoms with Crippen molar-refractivity contribution in [2.45, 2.75) is 4.90 Å². The molecule has 4 rings (SSSR count). The van der Waals surface area contributed by atoms with Crippen molar-refractivity contribution in [2.24, 2.45) is 0 Å². The summed E-state index contributed by atoms with van der Waals surface area (Å²) in [5, 5.41) is 10.5. The number of pyridine rings is 1. The fourth-order valence-corrected chi connectivity index (χ4v) is 4.99. The van der Waals surface area contributed by atoms with Gasteiger partial charge in [-0.3, -0.25) is 0 Å². The molecule has 1 aliphatic heterocycles. The Hall–Kier alpha value is -2.95. The molecule has 0 N–H and O–H groups in total. The van der Waals surface area contributed by atoms with Crippen molar-refractivity contribution >= 4 is 26.6 Å². The Labute approximate surface area is 158 Å². The molecule has 0 atom stereocenters. The molecule has 27 heavy (non-hydrogen) atoms. The van der Waals surface area contributed by atoms with Crippen LogP contribution in [0.5, 0.6) is 0 Å². The molecule has 0 unspecified atom stereocenters. The maximum absolute atomic E-state index is 13.2. The van der Waals surface area contributed by atoms with Crippen LogP contribution < -0.4 is 4.90 Å². The average Bonchev–Trinajstić information content (AvgIpc) is 2.73. The van der Waals surface area contributed by atoms with Crippen molar-refractivity contribution in [2.75, 3.05) is 31.1 Å². The van der Waals surface area contributed by atoms with E-state index in [1.54, 1.807) is 24.3 Å². The lowest BCUT2D eigenvalue weighted by molar-refractivity contribution is 0.384. The molecule has 0 spiro atoms. The summed E-state index contributed by atoms with van der Waals surface area (Å²) in [5.41, 5.74) is 0.510. The first-order valence-electron chi connectivity index (χ1n) is 8.68. The number of hydrogen-bond acceptors (Lipinski definition) is 5. The summed E-state index contributed by atoms with van der Waals surface area (Å²) < 4.78 is 27.9. The van der Waals surface area contributed by atoms with E-state index in [1.165, 1.54) is 10.5 Å². The summed E-state index contributed by atoms with van der Waals surface area (Å²) in [5.74, 6) is 0.760. The van der Waals surface area contributed by atoms with Crippen molar-refractivity contribution in [1.29, 1.82) is 5.26 Å². The van der Waals surface area contributed by atoms with Gasteiger partial charge in [0.2, 0.25) is 10.0 Å². The first kappa shape index (κ1) is 17.5. The molecule has 0 bridgehead atoms. The monoisotopic (exact) mass is 378 g/mol. The van der Waals surface area contributed by atoms with Gasteiger partial charge in [-0.25, -0.2) is 13.4 Å². The highest BCUT2D eigenvalue weighted by molar-refractivity contribution is 7.89. The van der Waals surface area contributed by atoms with Crippen LogP contribution in [-0.4, -0.2) is 43.9 Å². The first-order valence-corrected chi connectivity index (χ1v) is 10.1. The maximum Gasteiger partial charge on any atom is 0.243 e. The van der Waals surface area contributed by atoms with Crippen LogP contribution in [0.25, 0.3) is 10.8 Å². The van der Waals surface area contributed by atoms with Gasteiger partial charge in [0, 0.05) is 37.8 Å². The molecule has 2 heterocycles. The van der Waals surface area contributed by atoms with Crippen LogP contribution in [0, 0.1) is 11.3 Å². The molecule has 7 heteroatoms. The second kappa shape index (κ2) is 6.99. The summed E-state index contributed by atoms with van der Waals surface area (Å²) in [6.45, 7) is 1.91. The van der Waals surface area contributed by atoms with Crippen molar-refractivity contribution < 1.29 is 8.42 Å². The number of benzene rings is 2. The lowest BCUT2D eigenvalue weighted by Crippen LogP contribution is -2.48. The largest absolute Gasteiger partial charge is 0.354 e. The van der Waals surface area contributed by atoms with Crippen molar-refractivity contribution in [3.8, 4) is 6.07 Å². The van der Waals surface area contributed by atoms with E-state index in [1.807, 2.05) is 41.3 Å². The molecule has 1 saturated heterocycles. The van der Waals surface area contributed by atoms with E-state index in [-0.39, 0.29) is 0 Å². The third-order valence-electron chi connectivity index (χ3n) is 4.81. The second-order valence-corrected chi connectivity index (χ2v) is 8.29. The molecule has 6 nitrogen and oxygen atoms in total. The number of hydrogen-bond donors (Lipinski definition) is 0. The van der Waals surface area contributed by atoms with Gasteiger partial charge in [0.1, 0.15) is 11.9 Å². The van der Waals surface area contributed by atoms with Crippen molar-refractivity contribution in [1.82, 2.24) is 9.29 Å². The summed E-state index contributed by atoms with van der Waals surface area (Å²) in [4.78, 5) is 6.69. The topological polar surface area (TPSA) is 77.3 Å². The highest BCUT2D eigenvalue weighted by Crippen LogP contribution is 2.27. The number of sulfonamides is 1. The molecule has 1 aromatic heterocycles. The van der Waals surface area contributed by atoms with Gasteiger partial charge < -0.3 is 4.90 Å². The molecule has 0 amide bonds. The third-order valence-corrected chi connectivity index (χ3v) is 6.76. The van der Waals surface area contributed by atoms with Crippen LogP contribution in [0.2, 0.25) is 0 Å². The zero-order chi connectivity index (χ0) is 18.9. The standard InChI is InChI=1S/C20H18N4O2S/c21-14-16-8-9-20(22-15-16)23-10-12-24(13-11-23)27(25,26)19-7-3-5-17-4-1-2-6-18(17)19/h1-9,15H,10-13H2. The van der Waals surface area contributed by atoms with Crippen LogP contribution in [0.3, 0.4) is 0 Å². The van der Waals surface area contributed by atoms with Gasteiger partial charge in [-0.05, 0) is 23.6 Å². The average molecular weight is 378 g/mol. The van der Waals surface area contributed by atoms with Gasteiger partial charge in [0.05, 0.1) is 10.5 Å². The van der Waals surface area contributed by atoms with Crippen LogP contribution in [0.1, 0.15) is 5.56 Å². The van der Waals surface area contributed by atoms with Gasteiger partial charge >= 0.3 is 0 Å². The number of piperazine rings is 1. The van der Waals surface area contributed by atoms with Crippen molar-refractivity contribution in [3.05, 3.63) is 66.4 Å². The second-order valence-electron chi connectivity index (χ2n) is 6.39. The lowest BCUT2D eigenvalue weighted by atomic mass is 10.1. The van der Waals surface area contributed by atoms with E-state index in [4.69, 9.17) is 5.26 Å². The number of anilines is 1. The maximum atomic E-state index is 13.2. The van der Waals surface area contributed by atoms with Crippen LogP contribution >= 0.6 is 0 Å². The van der Waals surface area contributed by atoms with Crippen molar-refractivity contribution in [3.63, 3.8) is 0 Å². The SMILES string of the molecule is N#Cc1ccc(N2CCN(S(=O)(=O)c3cccc4ccccc34)CC2)nc1. The van der Waals surface area contributed by atoms with E-state index in [2.05, 4.69) is 4.98 Å². The van der Waals surface area contributed by atoms with E-state index in [9.17, 15) is 8.42 Å². The molecule has 0 aliphatic carbocycles. The molecule has 2 aromatic carbocycles. The van der Waals surface area contributed by atoms with Gasteiger partial charge in [-0.1, -0.05) is 36.4 Å². The van der Waals surface area contributed by atoms with E-state index >= 15 is 0 Å². The van der Waals surface area contributed by atoms with E-state index in [0.29, 0.717) is 36.6 Å². The van der Waals surface area contributed by atoms with Gasteiger partial charge in [-0.2, -0.15) is 9.57 Å². The number of fused-ring (bicyclic) bond motifs is 1. The Morgan fingerprint density at radius 1 is 0.926 bits per heavy atom. The predicted octanol–water partition coefficient (Wildman–Crippen LogP) is 2.62. The van der Waals surface area contributed by atoms with E-state index in [0.717, 1.165) is 16.6 Å². The van der Waals surface area contributed by atoms with Gasteiger partial charge in [0.15, 0.2) is 0 Å². The first-order chi connectivity index (χ1) is 13.1. The minimum Gasteiger partial charge on any atom is -0.354 e. The smallest absolute Gasteiger partial charge is 0.243 e. The minimum absolute atomic E-state index is 0.352. The number of nitriles is 1. The van der Waals surface area contributed by atoms with Crippen LogP contribution in [-0.2, 0) is 10.0 Å². The number of aromatic nitrogens is 1. The summed E-state index contributed by atoms with van der Waals surface area (Å²) in [7, 11) is -3.56. The highest BCUT2D eigenvalue weighted by Gasteiger charge is 2.30. The number of rotatable bonds is 3. The molecule has 136 valence electrons. The summed E-state index contributed by atoms with van der Waals surface area (Å²) in [6, 6.07) is 18.5. The minimum atomic E-state index is -3.56. The molecule has 0 saturated carbocycles. The molecule has 1 aliphatic rings. The normalized spacial score (nSPS) is 15.6. The zero-order valence-electron chi connectivity index (χ0n) is 14.6.